The van der Waals surface area contributed by atoms with E-state index in [0.29, 0.717) is 11.4 Å². The number of nitrogens with one attached hydrogen (secondary N) is 4. The van der Waals surface area contributed by atoms with Crippen LogP contribution in [0.5, 0.6) is 11.5 Å². The van der Waals surface area contributed by atoms with E-state index < -0.39 is 41.1 Å². The number of benzene rings is 4. The van der Waals surface area contributed by atoms with E-state index in [1.165, 1.54) is 85.8 Å². The molecule has 1 heterocycles. The third kappa shape index (κ3) is 5.79. The number of aromatic carboxylic acids is 1. The van der Waals surface area contributed by atoms with Crippen LogP contribution in [0.1, 0.15) is 53.9 Å². The minimum Gasteiger partial charge on any atom is -0.508 e. The number of carboxylic acid groups (broad SMARTS) is 1. The average molecular weight is 579 g/mol. The van der Waals surface area contributed by atoms with E-state index >= 15 is 0 Å². The van der Waals surface area contributed by atoms with Crippen LogP contribution in [-0.2, 0) is 4.79 Å². The zero-order valence-corrected chi connectivity index (χ0v) is 22.3. The van der Waals surface area contributed by atoms with E-state index in [4.69, 9.17) is 10.1 Å². The van der Waals surface area contributed by atoms with Crippen LogP contribution in [-0.4, -0.2) is 45.7 Å². The number of carboxylic acids is 1. The molecule has 4 aromatic rings. The van der Waals surface area contributed by atoms with E-state index in [1.54, 1.807) is 0 Å². The van der Waals surface area contributed by atoms with Gasteiger partial charge in [0.2, 0.25) is 0 Å². The standard InChI is InChI=1S/C31H22N4O8/c1-15(36)43-20-9-5-18(6-10-20)34-29(39)23-13-12-21(16-2-11-22-24(14-16)30(40)35-28(22)38)26(31(41)42)25(23)27(32)33-17-3-7-19(37)8-4-17/h2-14,37H,1H3,(H2,32,33)(H,34,39)(H,41,42)(H,35,38,40). The van der Waals surface area contributed by atoms with Crippen LogP contribution < -0.4 is 20.7 Å². The molecule has 6 N–H and O–H groups in total. The topological polar surface area (TPSA) is 195 Å². The molecule has 3 amide bonds. The lowest BCUT2D eigenvalue weighted by Crippen LogP contribution is -2.24. The number of fused-ring (bicyclic) bond motifs is 1. The van der Waals surface area contributed by atoms with Crippen molar-refractivity contribution in [3.05, 3.63) is 107 Å². The summed E-state index contributed by atoms with van der Waals surface area (Å²) >= 11 is 0. The third-order valence-electron chi connectivity index (χ3n) is 6.47. The van der Waals surface area contributed by atoms with Gasteiger partial charge in [0.15, 0.2) is 0 Å². The zero-order valence-electron chi connectivity index (χ0n) is 22.3. The molecule has 12 nitrogen and oxygen atoms in total. The number of hydrogen-bond donors (Lipinski definition) is 6. The van der Waals surface area contributed by atoms with Gasteiger partial charge in [-0.2, -0.15) is 0 Å². The lowest BCUT2D eigenvalue weighted by atomic mass is 9.89. The maximum Gasteiger partial charge on any atom is 0.337 e. The SMILES string of the molecule is CC(=O)Oc1ccc(NC(=O)c2ccc(-c3ccc4c(c3)C(=O)NC4=O)c(C(=O)O)c2C(=N)Nc2ccc(O)cc2)cc1. The number of carbonyl (C=O) groups is 5. The summed E-state index contributed by atoms with van der Waals surface area (Å²) in [7, 11) is 0. The number of phenolic OH excluding ortho intramolecular Hbond substituents is 1. The molecule has 1 aliphatic heterocycles. The van der Waals surface area contributed by atoms with Gasteiger partial charge in [-0.25, -0.2) is 4.79 Å². The van der Waals surface area contributed by atoms with E-state index in [9.17, 15) is 34.2 Å². The first-order valence-electron chi connectivity index (χ1n) is 12.7. The highest BCUT2D eigenvalue weighted by Crippen LogP contribution is 2.33. The van der Waals surface area contributed by atoms with E-state index in [0.717, 1.165) is 0 Å². The number of carbonyl (C=O) groups excluding carboxylic acids is 4. The minimum absolute atomic E-state index is 0.0239. The second-order valence-electron chi connectivity index (χ2n) is 9.38. The molecule has 4 aromatic carbocycles. The summed E-state index contributed by atoms with van der Waals surface area (Å²) in [5.41, 5.74) is 0.400. The molecule has 0 radical (unpaired) electrons. The van der Waals surface area contributed by atoms with Crippen LogP contribution in [0.3, 0.4) is 0 Å². The number of phenols is 1. The Balaban J connectivity index is 1.61. The first-order chi connectivity index (χ1) is 20.5. The first-order valence-corrected chi connectivity index (χ1v) is 12.7. The number of rotatable bonds is 7. The predicted molar refractivity (Wildman–Crippen MR) is 155 cm³/mol. The maximum absolute atomic E-state index is 13.5. The molecular weight excluding hydrogens is 556 g/mol. The summed E-state index contributed by atoms with van der Waals surface area (Å²) in [6, 6.07) is 18.6. The summed E-state index contributed by atoms with van der Waals surface area (Å²) in [5.74, 6) is -4.11. The van der Waals surface area contributed by atoms with Crippen LogP contribution in [0.2, 0.25) is 0 Å². The highest BCUT2D eigenvalue weighted by Gasteiger charge is 2.30. The average Bonchev–Trinajstić information content (AvgIpc) is 3.26. The monoisotopic (exact) mass is 578 g/mol. The van der Waals surface area contributed by atoms with Crippen molar-refractivity contribution in [3.63, 3.8) is 0 Å². The lowest BCUT2D eigenvalue weighted by molar-refractivity contribution is -0.131. The van der Waals surface area contributed by atoms with Crippen molar-refractivity contribution in [2.45, 2.75) is 6.92 Å². The quantitative estimate of drug-likeness (QED) is 0.0464. The van der Waals surface area contributed by atoms with Crippen LogP contribution in [0.4, 0.5) is 11.4 Å². The molecule has 5 rings (SSSR count). The molecule has 214 valence electrons. The van der Waals surface area contributed by atoms with Gasteiger partial charge in [0.1, 0.15) is 17.3 Å². The Morgan fingerprint density at radius 3 is 2.02 bits per heavy atom. The Morgan fingerprint density at radius 2 is 1.37 bits per heavy atom. The van der Waals surface area contributed by atoms with Crippen LogP contribution in [0, 0.1) is 5.41 Å². The fourth-order valence-corrected chi connectivity index (χ4v) is 4.57. The van der Waals surface area contributed by atoms with Gasteiger partial charge in [-0.05, 0) is 77.9 Å². The Kier molecular flexibility index (Phi) is 7.41. The van der Waals surface area contributed by atoms with Gasteiger partial charge in [-0.3, -0.25) is 29.9 Å². The van der Waals surface area contributed by atoms with Crippen molar-refractivity contribution in [1.29, 1.82) is 5.41 Å². The van der Waals surface area contributed by atoms with Gasteiger partial charge in [-0.15, -0.1) is 0 Å². The number of aromatic hydroxyl groups is 1. The molecule has 0 saturated heterocycles. The van der Waals surface area contributed by atoms with Gasteiger partial charge in [0.05, 0.1) is 22.3 Å². The minimum atomic E-state index is -1.45. The Hall–Kier alpha value is -6.30. The van der Waals surface area contributed by atoms with E-state index in [2.05, 4.69) is 16.0 Å². The smallest absolute Gasteiger partial charge is 0.337 e. The Bertz CT molecular complexity index is 1850. The lowest BCUT2D eigenvalue weighted by Gasteiger charge is -2.19. The van der Waals surface area contributed by atoms with E-state index in [1.807, 2.05) is 0 Å². The zero-order chi connectivity index (χ0) is 30.8. The molecule has 0 atom stereocenters. The molecule has 0 fully saturated rings. The van der Waals surface area contributed by atoms with E-state index in [-0.39, 0.29) is 44.9 Å². The second kappa shape index (κ2) is 11.3. The highest BCUT2D eigenvalue weighted by atomic mass is 16.5. The molecule has 12 heteroatoms. The molecule has 0 aromatic heterocycles. The van der Waals surface area contributed by atoms with Crippen molar-refractivity contribution in [2.24, 2.45) is 0 Å². The summed E-state index contributed by atoms with van der Waals surface area (Å²) in [6.07, 6.45) is 0. The number of hydrogen-bond acceptors (Lipinski definition) is 8. The number of ether oxygens (including phenoxy) is 1. The molecule has 43 heavy (non-hydrogen) atoms. The van der Waals surface area contributed by atoms with Crippen molar-refractivity contribution in [2.75, 3.05) is 10.6 Å². The number of amidine groups is 1. The molecule has 1 aliphatic rings. The van der Waals surface area contributed by atoms with Crippen molar-refractivity contribution >= 4 is 46.9 Å². The fourth-order valence-electron chi connectivity index (χ4n) is 4.57. The van der Waals surface area contributed by atoms with Crippen LogP contribution in [0.25, 0.3) is 11.1 Å². The summed E-state index contributed by atoms with van der Waals surface area (Å²) in [5, 5.41) is 36.4. The molecule has 0 spiro atoms. The molecule has 0 unspecified atom stereocenters. The second-order valence-corrected chi connectivity index (χ2v) is 9.38. The maximum atomic E-state index is 13.5. The number of imide groups is 1. The summed E-state index contributed by atoms with van der Waals surface area (Å²) < 4.78 is 5.00. The third-order valence-corrected chi connectivity index (χ3v) is 6.47. The molecule has 0 saturated carbocycles. The number of esters is 1. The molecule has 0 bridgehead atoms. The van der Waals surface area contributed by atoms with Gasteiger partial charge in [0, 0.05) is 23.9 Å². The molecule has 0 aliphatic carbocycles. The molecular formula is C31H22N4O8. The number of amides is 3. The number of anilines is 2. The van der Waals surface area contributed by atoms with Crippen molar-refractivity contribution < 1.29 is 38.9 Å². The Labute approximate surface area is 243 Å². The van der Waals surface area contributed by atoms with Crippen molar-refractivity contribution in [3.8, 4) is 22.6 Å². The normalized spacial score (nSPS) is 11.7. The fraction of sp³-hybridized carbons (Fsp3) is 0.0323. The van der Waals surface area contributed by atoms with Crippen LogP contribution in [0.15, 0.2) is 78.9 Å². The first kappa shape index (κ1) is 28.2. The summed E-state index contributed by atoms with van der Waals surface area (Å²) in [6.45, 7) is 1.25. The van der Waals surface area contributed by atoms with Crippen molar-refractivity contribution in [1.82, 2.24) is 5.32 Å². The van der Waals surface area contributed by atoms with Crippen LogP contribution >= 0.6 is 0 Å². The van der Waals surface area contributed by atoms with Gasteiger partial charge < -0.3 is 25.6 Å². The predicted octanol–water partition coefficient (Wildman–Crippen LogP) is 4.26. The largest absolute Gasteiger partial charge is 0.508 e. The van der Waals surface area contributed by atoms with Gasteiger partial charge in [0.25, 0.3) is 17.7 Å². The van der Waals surface area contributed by atoms with Gasteiger partial charge in [-0.1, -0.05) is 12.1 Å². The summed E-state index contributed by atoms with van der Waals surface area (Å²) in [4.78, 5) is 61.8. The Morgan fingerprint density at radius 1 is 0.767 bits per heavy atom. The van der Waals surface area contributed by atoms with Gasteiger partial charge >= 0.3 is 11.9 Å². The highest BCUT2D eigenvalue weighted by molar-refractivity contribution is 6.23.